The lowest BCUT2D eigenvalue weighted by molar-refractivity contribution is 0.198. The molecule has 94 valence electrons. The van der Waals surface area contributed by atoms with Crippen LogP contribution < -0.4 is 4.74 Å². The van der Waals surface area contributed by atoms with Gasteiger partial charge in [-0.05, 0) is 49.6 Å². The van der Waals surface area contributed by atoms with Crippen LogP contribution >= 0.6 is 0 Å². The topological polar surface area (TPSA) is 42.4 Å². The minimum absolute atomic E-state index is 0.507. The van der Waals surface area contributed by atoms with Gasteiger partial charge < -0.3 is 9.84 Å². The first-order chi connectivity index (χ1) is 8.56. The number of aliphatic hydroxyl groups excluding tert-OH is 1. The zero-order chi connectivity index (χ0) is 13.1. The number of aliphatic hydroxyl groups is 1. The van der Waals surface area contributed by atoms with E-state index in [4.69, 9.17) is 4.74 Å². The molecule has 1 aromatic carbocycles. The molecule has 0 saturated heterocycles. The molecule has 1 heterocycles. The predicted molar refractivity (Wildman–Crippen MR) is 70.9 cm³/mol. The van der Waals surface area contributed by atoms with E-state index >= 15 is 0 Å². The summed E-state index contributed by atoms with van der Waals surface area (Å²) >= 11 is 0. The summed E-state index contributed by atoms with van der Waals surface area (Å²) in [6.07, 6.45) is 1.12. The maximum Gasteiger partial charge on any atom is 0.219 e. The van der Waals surface area contributed by atoms with E-state index in [-0.39, 0.29) is 0 Å². The largest absolute Gasteiger partial charge is 0.439 e. The maximum absolute atomic E-state index is 9.40. The fraction of sp³-hybridized carbons (Fsp3) is 0.267. The van der Waals surface area contributed by atoms with Gasteiger partial charge in [0.25, 0.3) is 0 Å². The summed E-state index contributed by atoms with van der Waals surface area (Å²) in [6.45, 7) is 5.73. The molecule has 0 radical (unpaired) electrons. The van der Waals surface area contributed by atoms with E-state index in [0.29, 0.717) is 5.88 Å². The quantitative estimate of drug-likeness (QED) is 0.896. The minimum atomic E-state index is -0.507. The van der Waals surface area contributed by atoms with Crippen LogP contribution in [-0.4, -0.2) is 10.1 Å². The van der Waals surface area contributed by atoms with Crippen molar-refractivity contribution in [1.82, 2.24) is 4.98 Å². The van der Waals surface area contributed by atoms with Gasteiger partial charge in [0.2, 0.25) is 5.88 Å². The van der Waals surface area contributed by atoms with E-state index in [1.54, 1.807) is 19.2 Å². The third-order valence-electron chi connectivity index (χ3n) is 2.80. The normalized spacial score (nSPS) is 12.2. The van der Waals surface area contributed by atoms with Gasteiger partial charge in [-0.1, -0.05) is 12.1 Å². The molecule has 2 aromatic rings. The standard InChI is InChI=1S/C15H17NO2/c1-10-4-5-11(2)14(8-10)18-15-7-6-13(9-16-15)12(3)17/h4-9,12,17H,1-3H3/t12-/m0/s1. The molecule has 1 aromatic heterocycles. The highest BCUT2D eigenvalue weighted by Crippen LogP contribution is 2.25. The summed E-state index contributed by atoms with van der Waals surface area (Å²) in [5.41, 5.74) is 3.00. The number of pyridine rings is 1. The molecule has 0 aliphatic carbocycles. The van der Waals surface area contributed by atoms with E-state index in [0.717, 1.165) is 22.4 Å². The van der Waals surface area contributed by atoms with E-state index in [2.05, 4.69) is 4.98 Å². The van der Waals surface area contributed by atoms with Crippen molar-refractivity contribution >= 4 is 0 Å². The van der Waals surface area contributed by atoms with Gasteiger partial charge in [0, 0.05) is 12.3 Å². The Balaban J connectivity index is 2.21. The molecule has 0 aliphatic rings. The fourth-order valence-corrected chi connectivity index (χ4v) is 1.63. The van der Waals surface area contributed by atoms with Crippen molar-refractivity contribution in [3.63, 3.8) is 0 Å². The van der Waals surface area contributed by atoms with Crippen LogP contribution in [0, 0.1) is 13.8 Å². The Labute approximate surface area is 107 Å². The van der Waals surface area contributed by atoms with Crippen LogP contribution in [0.3, 0.4) is 0 Å². The molecule has 0 amide bonds. The average Bonchev–Trinajstić information content (AvgIpc) is 2.34. The van der Waals surface area contributed by atoms with Gasteiger partial charge >= 0.3 is 0 Å². The van der Waals surface area contributed by atoms with Crippen LogP contribution in [0.5, 0.6) is 11.6 Å². The Kier molecular flexibility index (Phi) is 3.63. The first-order valence-corrected chi connectivity index (χ1v) is 5.95. The van der Waals surface area contributed by atoms with Gasteiger partial charge in [-0.15, -0.1) is 0 Å². The predicted octanol–water partition coefficient (Wildman–Crippen LogP) is 3.54. The van der Waals surface area contributed by atoms with E-state index < -0.39 is 6.10 Å². The lowest BCUT2D eigenvalue weighted by Crippen LogP contribution is -1.94. The van der Waals surface area contributed by atoms with Crippen molar-refractivity contribution in [2.24, 2.45) is 0 Å². The molecule has 18 heavy (non-hydrogen) atoms. The lowest BCUT2D eigenvalue weighted by Gasteiger charge is -2.09. The van der Waals surface area contributed by atoms with Crippen LogP contribution in [0.25, 0.3) is 0 Å². The highest BCUT2D eigenvalue weighted by atomic mass is 16.5. The molecule has 3 nitrogen and oxygen atoms in total. The molecule has 0 bridgehead atoms. The molecule has 0 fully saturated rings. The summed E-state index contributed by atoms with van der Waals surface area (Å²) in [5.74, 6) is 1.35. The Bertz CT molecular complexity index is 533. The van der Waals surface area contributed by atoms with Crippen LogP contribution in [0.1, 0.15) is 29.7 Å². The molecule has 0 unspecified atom stereocenters. The SMILES string of the molecule is Cc1ccc(C)c(Oc2ccc([C@H](C)O)cn2)c1. The fourth-order valence-electron chi connectivity index (χ4n) is 1.63. The number of ether oxygens (including phenoxy) is 1. The molecular formula is C15H17NO2. The van der Waals surface area contributed by atoms with Crippen molar-refractivity contribution < 1.29 is 9.84 Å². The highest BCUT2D eigenvalue weighted by Gasteiger charge is 2.05. The second kappa shape index (κ2) is 5.19. The second-order valence-electron chi connectivity index (χ2n) is 4.48. The number of aryl methyl sites for hydroxylation is 2. The summed E-state index contributed by atoms with van der Waals surface area (Å²) in [4.78, 5) is 4.18. The Hall–Kier alpha value is -1.87. The number of aromatic nitrogens is 1. The van der Waals surface area contributed by atoms with E-state index in [1.165, 1.54) is 0 Å². The minimum Gasteiger partial charge on any atom is -0.439 e. The lowest BCUT2D eigenvalue weighted by atomic mass is 10.1. The molecule has 0 spiro atoms. The molecule has 0 saturated carbocycles. The van der Waals surface area contributed by atoms with Gasteiger partial charge in [-0.25, -0.2) is 4.98 Å². The van der Waals surface area contributed by atoms with Crippen molar-refractivity contribution in [1.29, 1.82) is 0 Å². The third kappa shape index (κ3) is 2.87. The van der Waals surface area contributed by atoms with Crippen LogP contribution in [0.2, 0.25) is 0 Å². The zero-order valence-corrected chi connectivity index (χ0v) is 10.8. The molecule has 1 N–H and O–H groups in total. The van der Waals surface area contributed by atoms with Gasteiger partial charge in [-0.2, -0.15) is 0 Å². The average molecular weight is 243 g/mol. The number of benzene rings is 1. The number of nitrogens with zero attached hydrogens (tertiary/aromatic N) is 1. The van der Waals surface area contributed by atoms with E-state index in [9.17, 15) is 5.11 Å². The van der Waals surface area contributed by atoms with Crippen LogP contribution in [0.15, 0.2) is 36.5 Å². The van der Waals surface area contributed by atoms with E-state index in [1.807, 2.05) is 38.1 Å². The number of hydrogen-bond acceptors (Lipinski definition) is 3. The van der Waals surface area contributed by atoms with Crippen molar-refractivity contribution in [2.45, 2.75) is 26.9 Å². The molecule has 3 heteroatoms. The van der Waals surface area contributed by atoms with Crippen LogP contribution in [-0.2, 0) is 0 Å². The number of hydrogen-bond donors (Lipinski definition) is 1. The summed E-state index contributed by atoms with van der Waals surface area (Å²) in [5, 5.41) is 9.40. The maximum atomic E-state index is 9.40. The summed E-state index contributed by atoms with van der Waals surface area (Å²) in [7, 11) is 0. The monoisotopic (exact) mass is 243 g/mol. The second-order valence-corrected chi connectivity index (χ2v) is 4.48. The number of rotatable bonds is 3. The van der Waals surface area contributed by atoms with Gasteiger partial charge in [0.05, 0.1) is 6.10 Å². The first-order valence-electron chi connectivity index (χ1n) is 5.95. The zero-order valence-electron chi connectivity index (χ0n) is 10.8. The molecule has 0 aliphatic heterocycles. The third-order valence-corrected chi connectivity index (χ3v) is 2.80. The van der Waals surface area contributed by atoms with Gasteiger partial charge in [0.15, 0.2) is 0 Å². The summed E-state index contributed by atoms with van der Waals surface area (Å²) in [6, 6.07) is 9.64. The van der Waals surface area contributed by atoms with Crippen molar-refractivity contribution in [3.05, 3.63) is 53.2 Å². The Morgan fingerprint density at radius 1 is 1.17 bits per heavy atom. The summed E-state index contributed by atoms with van der Waals surface area (Å²) < 4.78 is 5.73. The van der Waals surface area contributed by atoms with Gasteiger partial charge in [-0.3, -0.25) is 0 Å². The van der Waals surface area contributed by atoms with Crippen molar-refractivity contribution in [2.75, 3.05) is 0 Å². The Morgan fingerprint density at radius 3 is 2.56 bits per heavy atom. The van der Waals surface area contributed by atoms with Crippen LogP contribution in [0.4, 0.5) is 0 Å². The molecule has 2 rings (SSSR count). The first kappa shape index (κ1) is 12.6. The van der Waals surface area contributed by atoms with Gasteiger partial charge in [0.1, 0.15) is 5.75 Å². The molecular weight excluding hydrogens is 226 g/mol. The smallest absolute Gasteiger partial charge is 0.219 e. The Morgan fingerprint density at radius 2 is 1.94 bits per heavy atom. The van der Waals surface area contributed by atoms with Crippen molar-refractivity contribution in [3.8, 4) is 11.6 Å². The molecule has 1 atom stereocenters. The highest BCUT2D eigenvalue weighted by molar-refractivity contribution is 5.38.